The van der Waals surface area contributed by atoms with Gasteiger partial charge in [-0.05, 0) is 36.2 Å². The maximum absolute atomic E-state index is 13.7. The van der Waals surface area contributed by atoms with E-state index in [1.807, 2.05) is 41.9 Å². The largest absolute Gasteiger partial charge is 0.399 e. The number of anilines is 1. The van der Waals surface area contributed by atoms with Crippen LogP contribution in [0.25, 0.3) is 11.0 Å². The third-order valence-corrected chi connectivity index (χ3v) is 3.57. The standard InChI is InChI=1S/C16H16FN3/c1-20-14-4-2-3-13(17)16(14)19-15(20)10-7-11-5-8-12(18)9-6-11/h2-6,8-9H,7,10,18H2,1H3. The average molecular weight is 269 g/mol. The summed E-state index contributed by atoms with van der Waals surface area (Å²) < 4.78 is 15.7. The van der Waals surface area contributed by atoms with Gasteiger partial charge in [-0.3, -0.25) is 0 Å². The molecular weight excluding hydrogens is 253 g/mol. The topological polar surface area (TPSA) is 43.8 Å². The van der Waals surface area contributed by atoms with Gasteiger partial charge in [0.15, 0.2) is 5.82 Å². The Morgan fingerprint density at radius 3 is 2.55 bits per heavy atom. The van der Waals surface area contributed by atoms with E-state index < -0.39 is 0 Å². The van der Waals surface area contributed by atoms with Crippen molar-refractivity contribution in [1.82, 2.24) is 9.55 Å². The molecule has 3 aromatic rings. The molecule has 2 aromatic carbocycles. The van der Waals surface area contributed by atoms with Crippen molar-refractivity contribution in [1.29, 1.82) is 0 Å². The van der Waals surface area contributed by atoms with Gasteiger partial charge in [-0.25, -0.2) is 9.37 Å². The van der Waals surface area contributed by atoms with Gasteiger partial charge in [-0.15, -0.1) is 0 Å². The number of benzene rings is 2. The van der Waals surface area contributed by atoms with E-state index in [0.29, 0.717) is 5.52 Å². The molecule has 0 radical (unpaired) electrons. The number of para-hydroxylation sites is 1. The fourth-order valence-electron chi connectivity index (χ4n) is 2.39. The monoisotopic (exact) mass is 269 g/mol. The fourth-order valence-corrected chi connectivity index (χ4v) is 2.39. The summed E-state index contributed by atoms with van der Waals surface area (Å²) in [7, 11) is 1.92. The Kier molecular flexibility index (Phi) is 3.14. The highest BCUT2D eigenvalue weighted by molar-refractivity contribution is 5.76. The van der Waals surface area contributed by atoms with E-state index in [4.69, 9.17) is 5.73 Å². The minimum absolute atomic E-state index is 0.267. The quantitative estimate of drug-likeness (QED) is 0.743. The first-order chi connectivity index (χ1) is 9.65. The Balaban J connectivity index is 1.86. The molecule has 0 atom stereocenters. The van der Waals surface area contributed by atoms with E-state index in [1.165, 1.54) is 11.6 Å². The summed E-state index contributed by atoms with van der Waals surface area (Å²) in [5, 5.41) is 0. The van der Waals surface area contributed by atoms with Crippen LogP contribution in [0.1, 0.15) is 11.4 Å². The van der Waals surface area contributed by atoms with Crippen LogP contribution in [0.4, 0.5) is 10.1 Å². The van der Waals surface area contributed by atoms with E-state index >= 15 is 0 Å². The van der Waals surface area contributed by atoms with E-state index in [9.17, 15) is 4.39 Å². The smallest absolute Gasteiger partial charge is 0.151 e. The highest BCUT2D eigenvalue weighted by atomic mass is 19.1. The fraction of sp³-hybridized carbons (Fsp3) is 0.188. The second-order valence-corrected chi connectivity index (χ2v) is 4.94. The van der Waals surface area contributed by atoms with Gasteiger partial charge in [0.1, 0.15) is 11.3 Å². The second kappa shape index (κ2) is 4.96. The molecule has 2 N–H and O–H groups in total. The Labute approximate surface area is 116 Å². The van der Waals surface area contributed by atoms with Crippen molar-refractivity contribution in [3.8, 4) is 0 Å². The molecule has 3 rings (SSSR count). The zero-order chi connectivity index (χ0) is 14.1. The van der Waals surface area contributed by atoms with Crippen LogP contribution in [0, 0.1) is 5.82 Å². The van der Waals surface area contributed by atoms with E-state index in [1.54, 1.807) is 6.07 Å². The Hall–Kier alpha value is -2.36. The van der Waals surface area contributed by atoms with Crippen LogP contribution in [0.3, 0.4) is 0 Å². The molecule has 0 fully saturated rings. The lowest BCUT2D eigenvalue weighted by atomic mass is 10.1. The van der Waals surface area contributed by atoms with Crippen molar-refractivity contribution in [3.05, 3.63) is 59.7 Å². The number of hydrogen-bond acceptors (Lipinski definition) is 2. The summed E-state index contributed by atoms with van der Waals surface area (Å²) in [5.74, 6) is 0.624. The summed E-state index contributed by atoms with van der Waals surface area (Å²) in [4.78, 5) is 4.41. The third kappa shape index (κ3) is 2.25. The molecule has 0 amide bonds. The number of aromatic nitrogens is 2. The SMILES string of the molecule is Cn1c(CCc2ccc(N)cc2)nc2c(F)cccc21. The molecule has 1 aromatic heterocycles. The highest BCUT2D eigenvalue weighted by Crippen LogP contribution is 2.19. The number of halogens is 1. The predicted molar refractivity (Wildman–Crippen MR) is 78.9 cm³/mol. The lowest BCUT2D eigenvalue weighted by molar-refractivity contribution is 0.637. The van der Waals surface area contributed by atoms with Crippen molar-refractivity contribution >= 4 is 16.7 Å². The summed E-state index contributed by atoms with van der Waals surface area (Å²) >= 11 is 0. The Morgan fingerprint density at radius 2 is 1.85 bits per heavy atom. The van der Waals surface area contributed by atoms with Gasteiger partial charge in [-0.2, -0.15) is 0 Å². The average Bonchev–Trinajstić information content (AvgIpc) is 2.77. The first kappa shape index (κ1) is 12.7. The van der Waals surface area contributed by atoms with Gasteiger partial charge in [-0.1, -0.05) is 18.2 Å². The van der Waals surface area contributed by atoms with E-state index in [2.05, 4.69) is 4.98 Å². The van der Waals surface area contributed by atoms with Crippen LogP contribution in [0.2, 0.25) is 0 Å². The van der Waals surface area contributed by atoms with Crippen LogP contribution < -0.4 is 5.73 Å². The third-order valence-electron chi connectivity index (χ3n) is 3.57. The first-order valence-corrected chi connectivity index (χ1v) is 6.59. The minimum Gasteiger partial charge on any atom is -0.399 e. The molecule has 4 heteroatoms. The number of nitrogen functional groups attached to an aromatic ring is 1. The number of fused-ring (bicyclic) bond motifs is 1. The van der Waals surface area contributed by atoms with Crippen molar-refractivity contribution < 1.29 is 4.39 Å². The van der Waals surface area contributed by atoms with Crippen molar-refractivity contribution in [2.24, 2.45) is 7.05 Å². The zero-order valence-corrected chi connectivity index (χ0v) is 11.3. The Morgan fingerprint density at radius 1 is 1.10 bits per heavy atom. The summed E-state index contributed by atoms with van der Waals surface area (Å²) in [5.41, 5.74) is 8.91. The number of nitrogens with zero attached hydrogens (tertiary/aromatic N) is 2. The van der Waals surface area contributed by atoms with Crippen LogP contribution in [0.5, 0.6) is 0 Å². The molecule has 0 aliphatic rings. The predicted octanol–water partition coefficient (Wildman–Crippen LogP) is 3.08. The van der Waals surface area contributed by atoms with Gasteiger partial charge in [0.25, 0.3) is 0 Å². The van der Waals surface area contributed by atoms with Crippen LogP contribution >= 0.6 is 0 Å². The van der Waals surface area contributed by atoms with Crippen LogP contribution in [-0.4, -0.2) is 9.55 Å². The molecule has 0 bridgehead atoms. The van der Waals surface area contributed by atoms with Gasteiger partial charge < -0.3 is 10.3 Å². The van der Waals surface area contributed by atoms with Crippen molar-refractivity contribution in [3.63, 3.8) is 0 Å². The number of aryl methyl sites for hydroxylation is 3. The highest BCUT2D eigenvalue weighted by Gasteiger charge is 2.10. The Bertz CT molecular complexity index is 744. The molecule has 0 unspecified atom stereocenters. The number of rotatable bonds is 3. The van der Waals surface area contributed by atoms with Crippen molar-refractivity contribution in [2.45, 2.75) is 12.8 Å². The van der Waals surface area contributed by atoms with Gasteiger partial charge >= 0.3 is 0 Å². The van der Waals surface area contributed by atoms with Gasteiger partial charge in [0.05, 0.1) is 5.52 Å². The molecule has 0 aliphatic heterocycles. The normalized spacial score (nSPS) is 11.1. The lowest BCUT2D eigenvalue weighted by Crippen LogP contribution is -2.00. The molecular formula is C16H16FN3. The number of hydrogen-bond donors (Lipinski definition) is 1. The molecule has 20 heavy (non-hydrogen) atoms. The van der Waals surface area contributed by atoms with Crippen molar-refractivity contribution in [2.75, 3.05) is 5.73 Å². The summed E-state index contributed by atoms with van der Waals surface area (Å²) in [6.07, 6.45) is 1.63. The first-order valence-electron chi connectivity index (χ1n) is 6.59. The number of imidazole rings is 1. The van der Waals surface area contributed by atoms with Crippen LogP contribution in [0.15, 0.2) is 42.5 Å². The molecule has 0 saturated carbocycles. The number of nitrogens with two attached hydrogens (primary N) is 1. The molecule has 0 aliphatic carbocycles. The zero-order valence-electron chi connectivity index (χ0n) is 11.3. The lowest BCUT2D eigenvalue weighted by Gasteiger charge is -2.03. The van der Waals surface area contributed by atoms with E-state index in [-0.39, 0.29) is 5.82 Å². The van der Waals surface area contributed by atoms with E-state index in [0.717, 1.165) is 29.9 Å². The summed E-state index contributed by atoms with van der Waals surface area (Å²) in [6, 6.07) is 12.9. The maximum atomic E-state index is 13.7. The molecule has 3 nitrogen and oxygen atoms in total. The summed E-state index contributed by atoms with van der Waals surface area (Å²) in [6.45, 7) is 0. The molecule has 102 valence electrons. The second-order valence-electron chi connectivity index (χ2n) is 4.94. The molecule has 1 heterocycles. The molecule has 0 saturated heterocycles. The van der Waals surface area contributed by atoms with Gasteiger partial charge in [0.2, 0.25) is 0 Å². The van der Waals surface area contributed by atoms with Gasteiger partial charge in [0, 0.05) is 19.2 Å². The van der Waals surface area contributed by atoms with Crippen LogP contribution in [-0.2, 0) is 19.9 Å². The minimum atomic E-state index is -0.267. The molecule has 0 spiro atoms. The maximum Gasteiger partial charge on any atom is 0.151 e.